The molecule has 0 N–H and O–H groups in total. The van der Waals surface area contributed by atoms with Crippen molar-refractivity contribution in [1.82, 2.24) is 19.4 Å². The van der Waals surface area contributed by atoms with Gasteiger partial charge in [-0.05, 0) is 37.1 Å². The summed E-state index contributed by atoms with van der Waals surface area (Å²) in [6.07, 6.45) is 4.57. The van der Waals surface area contributed by atoms with Gasteiger partial charge in [0.2, 0.25) is 21.7 Å². The third-order valence-electron chi connectivity index (χ3n) is 5.33. The van der Waals surface area contributed by atoms with Crippen LogP contribution in [-0.4, -0.2) is 54.2 Å². The van der Waals surface area contributed by atoms with Crippen LogP contribution < -0.4 is 9.47 Å². The maximum Gasteiger partial charge on any atom is 0.243 e. The van der Waals surface area contributed by atoms with Crippen LogP contribution in [0.4, 0.5) is 0 Å². The van der Waals surface area contributed by atoms with Gasteiger partial charge < -0.3 is 14.0 Å². The standard InChI is InChI=1S/C20H20N4O5S/c25-30(26,16-1-2-17-18(13-16)28-12-11-27-17)24-9-5-15(6-10-24)20-22-19(23-29-20)14-3-7-21-8-4-14/h1-4,7-8,13,15H,5-6,9-12H2. The van der Waals surface area contributed by atoms with Gasteiger partial charge in [-0.25, -0.2) is 8.42 Å². The number of aromatic nitrogens is 3. The molecular weight excluding hydrogens is 408 g/mol. The average Bonchev–Trinajstić information content (AvgIpc) is 3.30. The van der Waals surface area contributed by atoms with Gasteiger partial charge in [-0.15, -0.1) is 0 Å². The molecule has 3 aromatic rings. The topological polar surface area (TPSA) is 108 Å². The maximum absolute atomic E-state index is 13.1. The number of benzene rings is 1. The number of pyridine rings is 1. The van der Waals surface area contributed by atoms with E-state index >= 15 is 0 Å². The van der Waals surface area contributed by atoms with Crippen LogP contribution in [0.25, 0.3) is 11.4 Å². The molecule has 5 rings (SSSR count). The van der Waals surface area contributed by atoms with E-state index < -0.39 is 10.0 Å². The smallest absolute Gasteiger partial charge is 0.243 e. The summed E-state index contributed by atoms with van der Waals surface area (Å²) < 4.78 is 44.1. The molecule has 0 amide bonds. The quantitative estimate of drug-likeness (QED) is 0.624. The van der Waals surface area contributed by atoms with Gasteiger partial charge in [0.25, 0.3) is 0 Å². The zero-order valence-corrected chi connectivity index (χ0v) is 16.9. The number of ether oxygens (including phenoxy) is 2. The molecule has 4 heterocycles. The van der Waals surface area contributed by atoms with Gasteiger partial charge in [0.05, 0.1) is 4.90 Å². The molecule has 10 heteroatoms. The molecule has 1 saturated heterocycles. The molecule has 0 radical (unpaired) electrons. The van der Waals surface area contributed by atoms with E-state index in [4.69, 9.17) is 14.0 Å². The minimum atomic E-state index is -3.61. The van der Waals surface area contributed by atoms with Gasteiger partial charge >= 0.3 is 0 Å². The minimum absolute atomic E-state index is 0.0276. The van der Waals surface area contributed by atoms with Crippen molar-refractivity contribution in [3.63, 3.8) is 0 Å². The van der Waals surface area contributed by atoms with E-state index in [0.717, 1.165) is 5.56 Å². The molecule has 0 spiro atoms. The van der Waals surface area contributed by atoms with Gasteiger partial charge in [0.15, 0.2) is 11.5 Å². The van der Waals surface area contributed by atoms with Gasteiger partial charge in [0.1, 0.15) is 13.2 Å². The fraction of sp³-hybridized carbons (Fsp3) is 0.350. The maximum atomic E-state index is 13.1. The second kappa shape index (κ2) is 7.69. The van der Waals surface area contributed by atoms with Crippen molar-refractivity contribution in [3.05, 3.63) is 48.6 Å². The first-order chi connectivity index (χ1) is 14.6. The molecule has 0 unspecified atom stereocenters. The summed E-state index contributed by atoms with van der Waals surface area (Å²) in [5, 5.41) is 4.05. The Hall–Kier alpha value is -2.98. The molecular formula is C20H20N4O5S. The van der Waals surface area contributed by atoms with Crippen LogP contribution in [0.5, 0.6) is 11.5 Å². The molecule has 156 valence electrons. The molecule has 0 bridgehead atoms. The lowest BCUT2D eigenvalue weighted by atomic mass is 9.98. The van der Waals surface area contributed by atoms with Gasteiger partial charge in [-0.3, -0.25) is 4.98 Å². The van der Waals surface area contributed by atoms with Crippen molar-refractivity contribution >= 4 is 10.0 Å². The summed E-state index contributed by atoms with van der Waals surface area (Å²) in [6, 6.07) is 8.38. The van der Waals surface area contributed by atoms with Crippen molar-refractivity contribution in [3.8, 4) is 22.9 Å². The Bertz CT molecular complexity index is 1140. The van der Waals surface area contributed by atoms with Crippen LogP contribution >= 0.6 is 0 Å². The molecule has 0 saturated carbocycles. The van der Waals surface area contributed by atoms with Crippen molar-refractivity contribution < 1.29 is 22.4 Å². The zero-order valence-electron chi connectivity index (χ0n) is 16.1. The predicted molar refractivity (Wildman–Crippen MR) is 106 cm³/mol. The van der Waals surface area contributed by atoms with E-state index in [9.17, 15) is 8.42 Å². The van der Waals surface area contributed by atoms with E-state index in [1.807, 2.05) is 12.1 Å². The molecule has 0 atom stereocenters. The van der Waals surface area contributed by atoms with Crippen molar-refractivity contribution in [2.24, 2.45) is 0 Å². The van der Waals surface area contributed by atoms with E-state index in [-0.39, 0.29) is 10.8 Å². The number of hydrogen-bond acceptors (Lipinski definition) is 8. The van der Waals surface area contributed by atoms with Crippen LogP contribution in [0.3, 0.4) is 0 Å². The van der Waals surface area contributed by atoms with Gasteiger partial charge in [-0.2, -0.15) is 9.29 Å². The highest BCUT2D eigenvalue weighted by molar-refractivity contribution is 7.89. The van der Waals surface area contributed by atoms with Crippen LogP contribution in [-0.2, 0) is 10.0 Å². The fourth-order valence-corrected chi connectivity index (χ4v) is 5.18. The van der Waals surface area contributed by atoms with Crippen molar-refractivity contribution in [2.45, 2.75) is 23.7 Å². The van der Waals surface area contributed by atoms with Crippen molar-refractivity contribution in [2.75, 3.05) is 26.3 Å². The van der Waals surface area contributed by atoms with Gasteiger partial charge in [0, 0.05) is 43.0 Å². The van der Waals surface area contributed by atoms with E-state index in [2.05, 4.69) is 15.1 Å². The highest BCUT2D eigenvalue weighted by atomic mass is 32.2. The Morgan fingerprint density at radius 3 is 2.47 bits per heavy atom. The Labute approximate surface area is 173 Å². The van der Waals surface area contributed by atoms with Gasteiger partial charge in [-0.1, -0.05) is 5.16 Å². The Kier molecular flexibility index (Phi) is 4.87. The Morgan fingerprint density at radius 2 is 1.70 bits per heavy atom. The molecule has 1 fully saturated rings. The molecule has 2 aliphatic rings. The summed E-state index contributed by atoms with van der Waals surface area (Å²) >= 11 is 0. The highest BCUT2D eigenvalue weighted by Gasteiger charge is 2.33. The summed E-state index contributed by atoms with van der Waals surface area (Å²) in [6.45, 7) is 1.64. The van der Waals surface area contributed by atoms with E-state index in [1.54, 1.807) is 24.5 Å². The molecule has 9 nitrogen and oxygen atoms in total. The molecule has 2 aliphatic heterocycles. The monoisotopic (exact) mass is 428 g/mol. The lowest BCUT2D eigenvalue weighted by molar-refractivity contribution is 0.171. The zero-order chi connectivity index (χ0) is 20.6. The number of hydrogen-bond donors (Lipinski definition) is 0. The molecule has 1 aromatic carbocycles. The summed E-state index contributed by atoms with van der Waals surface area (Å²) in [5.41, 5.74) is 0.832. The fourth-order valence-electron chi connectivity index (χ4n) is 3.70. The number of rotatable bonds is 4. The summed E-state index contributed by atoms with van der Waals surface area (Å²) in [5.74, 6) is 2.11. The van der Waals surface area contributed by atoms with Crippen LogP contribution in [0.15, 0.2) is 52.1 Å². The predicted octanol–water partition coefficient (Wildman–Crippen LogP) is 2.47. The summed E-state index contributed by atoms with van der Waals surface area (Å²) in [4.78, 5) is 8.69. The SMILES string of the molecule is O=S(=O)(c1ccc2c(c1)OCCO2)N1CCC(c2nc(-c3ccncc3)no2)CC1. The third-order valence-corrected chi connectivity index (χ3v) is 7.23. The Morgan fingerprint density at radius 1 is 0.967 bits per heavy atom. The second-order valence-corrected chi connectivity index (χ2v) is 9.11. The number of fused-ring (bicyclic) bond motifs is 1. The normalized spacial score (nSPS) is 17.7. The highest BCUT2D eigenvalue weighted by Crippen LogP contribution is 2.35. The first-order valence-electron chi connectivity index (χ1n) is 9.75. The minimum Gasteiger partial charge on any atom is -0.486 e. The lowest BCUT2D eigenvalue weighted by Gasteiger charge is -2.30. The van der Waals surface area contributed by atoms with Crippen LogP contribution in [0, 0.1) is 0 Å². The number of piperidine rings is 1. The number of sulfonamides is 1. The lowest BCUT2D eigenvalue weighted by Crippen LogP contribution is -2.38. The first kappa shape index (κ1) is 19.0. The van der Waals surface area contributed by atoms with E-state index in [1.165, 1.54) is 10.4 Å². The van der Waals surface area contributed by atoms with E-state index in [0.29, 0.717) is 62.4 Å². The average molecular weight is 428 g/mol. The van der Waals surface area contributed by atoms with Crippen LogP contribution in [0.1, 0.15) is 24.7 Å². The molecule has 30 heavy (non-hydrogen) atoms. The molecule has 0 aliphatic carbocycles. The van der Waals surface area contributed by atoms with Crippen LogP contribution in [0.2, 0.25) is 0 Å². The Balaban J connectivity index is 1.28. The second-order valence-electron chi connectivity index (χ2n) is 7.18. The molecule has 2 aromatic heterocycles. The summed E-state index contributed by atoms with van der Waals surface area (Å²) in [7, 11) is -3.61. The number of nitrogens with zero attached hydrogens (tertiary/aromatic N) is 4. The largest absolute Gasteiger partial charge is 0.486 e. The third kappa shape index (κ3) is 3.52. The van der Waals surface area contributed by atoms with Crippen molar-refractivity contribution in [1.29, 1.82) is 0 Å². The first-order valence-corrected chi connectivity index (χ1v) is 11.2.